The van der Waals surface area contributed by atoms with Gasteiger partial charge in [-0.2, -0.15) is 5.10 Å². The number of carbonyl (C=O) groups is 1. The third-order valence-electron chi connectivity index (χ3n) is 3.67. The van der Waals surface area contributed by atoms with Gasteiger partial charge in [0.15, 0.2) is 4.77 Å². The average molecular weight is 335 g/mol. The van der Waals surface area contributed by atoms with E-state index < -0.39 is 0 Å². The minimum absolute atomic E-state index is 0.252. The summed E-state index contributed by atoms with van der Waals surface area (Å²) in [5.74, 6) is -0.252. The first-order valence-corrected chi connectivity index (χ1v) is 7.74. The van der Waals surface area contributed by atoms with Crippen LogP contribution in [-0.2, 0) is 0 Å². The molecular formula is C17H13N5OS. The van der Waals surface area contributed by atoms with Gasteiger partial charge in [-0.25, -0.2) is 0 Å². The molecule has 0 aliphatic carbocycles. The lowest BCUT2D eigenvalue weighted by Crippen LogP contribution is -2.12. The minimum atomic E-state index is -0.252. The van der Waals surface area contributed by atoms with Gasteiger partial charge >= 0.3 is 0 Å². The van der Waals surface area contributed by atoms with E-state index in [1.807, 2.05) is 48.5 Å². The SMILES string of the molecule is O=C(Nc1ccc2[nH]c(=S)[nH]c2c1)c1cc(-c2ccccc2)n[nH]1. The number of carbonyl (C=O) groups excluding carboxylic acids is 1. The number of anilines is 1. The third kappa shape index (κ3) is 2.72. The number of nitrogens with one attached hydrogen (secondary N) is 4. The Morgan fingerprint density at radius 2 is 1.79 bits per heavy atom. The zero-order chi connectivity index (χ0) is 16.5. The minimum Gasteiger partial charge on any atom is -0.331 e. The van der Waals surface area contributed by atoms with Crippen molar-refractivity contribution in [1.29, 1.82) is 0 Å². The standard InChI is InChI=1S/C17H13N5OS/c23-16(15-9-13(21-22-15)10-4-2-1-3-5-10)18-11-6-7-12-14(8-11)20-17(24)19-12/h1-9H,(H,18,23)(H,21,22)(H2,19,20,24). The topological polar surface area (TPSA) is 89.4 Å². The molecule has 118 valence electrons. The number of fused-ring (bicyclic) bond motifs is 1. The molecule has 2 heterocycles. The number of imidazole rings is 1. The van der Waals surface area contributed by atoms with Crippen molar-refractivity contribution in [3.8, 4) is 11.3 Å². The van der Waals surface area contributed by atoms with Crippen molar-refractivity contribution >= 4 is 34.8 Å². The summed E-state index contributed by atoms with van der Waals surface area (Å²) >= 11 is 5.06. The Kier molecular flexibility index (Phi) is 3.47. The highest BCUT2D eigenvalue weighted by atomic mass is 32.1. The molecule has 2 aromatic carbocycles. The maximum Gasteiger partial charge on any atom is 0.273 e. The third-order valence-corrected chi connectivity index (χ3v) is 3.87. The fourth-order valence-corrected chi connectivity index (χ4v) is 2.72. The fourth-order valence-electron chi connectivity index (χ4n) is 2.50. The second kappa shape index (κ2) is 5.78. The number of H-pyrrole nitrogens is 3. The lowest BCUT2D eigenvalue weighted by atomic mass is 10.1. The Morgan fingerprint density at radius 1 is 1.00 bits per heavy atom. The molecule has 0 fully saturated rings. The normalized spacial score (nSPS) is 10.8. The molecule has 0 spiro atoms. The van der Waals surface area contributed by atoms with Crippen molar-refractivity contribution in [2.24, 2.45) is 0 Å². The van der Waals surface area contributed by atoms with Crippen LogP contribution in [0.2, 0.25) is 0 Å². The van der Waals surface area contributed by atoms with E-state index in [1.165, 1.54) is 0 Å². The number of aromatic amines is 3. The van der Waals surface area contributed by atoms with Crippen LogP contribution in [0.1, 0.15) is 10.5 Å². The molecule has 0 aliphatic rings. The van der Waals surface area contributed by atoms with Crippen LogP contribution in [0.25, 0.3) is 22.3 Å². The van der Waals surface area contributed by atoms with E-state index in [0.29, 0.717) is 16.2 Å². The molecule has 0 aliphatic heterocycles. The molecule has 1 amide bonds. The number of rotatable bonds is 3. The largest absolute Gasteiger partial charge is 0.331 e. The van der Waals surface area contributed by atoms with Gasteiger partial charge in [-0.05, 0) is 36.5 Å². The van der Waals surface area contributed by atoms with Crippen LogP contribution in [0, 0.1) is 4.77 Å². The summed E-state index contributed by atoms with van der Waals surface area (Å²) in [5, 5.41) is 9.81. The number of hydrogen-bond acceptors (Lipinski definition) is 3. The predicted molar refractivity (Wildman–Crippen MR) is 95.5 cm³/mol. The Labute approximate surface area is 141 Å². The number of nitrogens with zero attached hydrogens (tertiary/aromatic N) is 1. The van der Waals surface area contributed by atoms with Crippen molar-refractivity contribution in [2.45, 2.75) is 0 Å². The maximum absolute atomic E-state index is 12.4. The summed E-state index contributed by atoms with van der Waals surface area (Å²) < 4.78 is 0.551. The second-order valence-corrected chi connectivity index (χ2v) is 5.73. The van der Waals surface area contributed by atoms with Crippen LogP contribution in [0.15, 0.2) is 54.6 Å². The van der Waals surface area contributed by atoms with E-state index >= 15 is 0 Å². The molecule has 24 heavy (non-hydrogen) atoms. The zero-order valence-electron chi connectivity index (χ0n) is 12.5. The van der Waals surface area contributed by atoms with Gasteiger partial charge in [-0.1, -0.05) is 30.3 Å². The highest BCUT2D eigenvalue weighted by Gasteiger charge is 2.11. The average Bonchev–Trinajstić information content (AvgIpc) is 3.21. The Morgan fingerprint density at radius 3 is 2.62 bits per heavy atom. The van der Waals surface area contributed by atoms with Crippen LogP contribution >= 0.6 is 12.2 Å². The molecule has 4 aromatic rings. The van der Waals surface area contributed by atoms with Crippen molar-refractivity contribution < 1.29 is 4.79 Å². The number of amides is 1. The number of aromatic nitrogens is 4. The smallest absolute Gasteiger partial charge is 0.273 e. The maximum atomic E-state index is 12.4. The number of benzene rings is 2. The first kappa shape index (κ1) is 14.4. The van der Waals surface area contributed by atoms with Crippen LogP contribution in [-0.4, -0.2) is 26.1 Å². The molecule has 6 nitrogen and oxygen atoms in total. The van der Waals surface area contributed by atoms with Crippen molar-refractivity contribution in [3.05, 3.63) is 65.1 Å². The summed E-state index contributed by atoms with van der Waals surface area (Å²) in [6.07, 6.45) is 0. The summed E-state index contributed by atoms with van der Waals surface area (Å²) in [4.78, 5) is 18.4. The fraction of sp³-hybridized carbons (Fsp3) is 0. The van der Waals surface area contributed by atoms with Crippen LogP contribution in [0.4, 0.5) is 5.69 Å². The van der Waals surface area contributed by atoms with Gasteiger partial charge in [-0.15, -0.1) is 0 Å². The highest BCUT2D eigenvalue weighted by Crippen LogP contribution is 2.19. The molecular weight excluding hydrogens is 322 g/mol. The highest BCUT2D eigenvalue weighted by molar-refractivity contribution is 7.71. The molecule has 0 unspecified atom stereocenters. The van der Waals surface area contributed by atoms with E-state index in [4.69, 9.17) is 12.2 Å². The lowest BCUT2D eigenvalue weighted by Gasteiger charge is -2.03. The van der Waals surface area contributed by atoms with Gasteiger partial charge in [0.1, 0.15) is 5.69 Å². The monoisotopic (exact) mass is 335 g/mol. The van der Waals surface area contributed by atoms with Crippen LogP contribution in [0.5, 0.6) is 0 Å². The molecule has 0 saturated heterocycles. The van der Waals surface area contributed by atoms with Gasteiger partial charge < -0.3 is 15.3 Å². The summed E-state index contributed by atoms with van der Waals surface area (Å²) in [5.41, 5.74) is 4.49. The van der Waals surface area contributed by atoms with Crippen molar-refractivity contribution in [1.82, 2.24) is 20.2 Å². The van der Waals surface area contributed by atoms with Gasteiger partial charge in [0.25, 0.3) is 5.91 Å². The van der Waals surface area contributed by atoms with Crippen LogP contribution < -0.4 is 5.32 Å². The molecule has 0 radical (unpaired) electrons. The molecule has 0 atom stereocenters. The van der Waals surface area contributed by atoms with Gasteiger partial charge in [0.2, 0.25) is 0 Å². The summed E-state index contributed by atoms with van der Waals surface area (Å²) in [6.45, 7) is 0. The second-order valence-electron chi connectivity index (χ2n) is 5.33. The van der Waals surface area contributed by atoms with Gasteiger partial charge in [0.05, 0.1) is 16.7 Å². The Balaban J connectivity index is 1.57. The van der Waals surface area contributed by atoms with E-state index in [0.717, 1.165) is 22.3 Å². The van der Waals surface area contributed by atoms with Crippen molar-refractivity contribution in [2.75, 3.05) is 5.32 Å². The first-order valence-electron chi connectivity index (χ1n) is 7.33. The number of hydrogen-bond donors (Lipinski definition) is 4. The van der Waals surface area contributed by atoms with E-state index in [-0.39, 0.29) is 5.91 Å². The molecule has 2 aromatic heterocycles. The van der Waals surface area contributed by atoms with Crippen molar-refractivity contribution in [3.63, 3.8) is 0 Å². The van der Waals surface area contributed by atoms with Gasteiger partial charge in [0, 0.05) is 11.3 Å². The van der Waals surface area contributed by atoms with E-state index in [2.05, 4.69) is 25.5 Å². The molecule has 0 saturated carbocycles. The van der Waals surface area contributed by atoms with Crippen LogP contribution in [0.3, 0.4) is 0 Å². The Bertz CT molecular complexity index is 1080. The molecule has 0 bridgehead atoms. The molecule has 4 rings (SSSR count). The molecule has 4 N–H and O–H groups in total. The zero-order valence-corrected chi connectivity index (χ0v) is 13.3. The molecule has 7 heteroatoms. The van der Waals surface area contributed by atoms with Gasteiger partial charge in [-0.3, -0.25) is 9.89 Å². The predicted octanol–water partition coefficient (Wildman–Crippen LogP) is 3.87. The first-order chi connectivity index (χ1) is 11.7. The summed E-state index contributed by atoms with van der Waals surface area (Å²) in [7, 11) is 0. The lowest BCUT2D eigenvalue weighted by molar-refractivity contribution is 0.102. The summed E-state index contributed by atoms with van der Waals surface area (Å²) in [6, 6.07) is 16.9. The van der Waals surface area contributed by atoms with E-state index in [1.54, 1.807) is 6.07 Å². The quantitative estimate of drug-likeness (QED) is 0.429. The van der Waals surface area contributed by atoms with E-state index in [9.17, 15) is 4.79 Å². The Hall–Kier alpha value is -3.19.